The number of ether oxygens (including phenoxy) is 1. The molecule has 3 aromatic rings. The highest BCUT2D eigenvalue weighted by atomic mass is 16.5. The molecule has 4 rings (SSSR count). The standard InChI is InChI=1S/C31H41N3O/c1-27-30(17-12-18-31(27)35-26-29-15-8-5-9-16-29)34-23-21-33(22-24-34)20-11-3-2-10-19-32-25-28-13-6-4-7-14-28/h4-9,12-18,32H,2-3,10-11,19-26H2,1H3. The van der Waals surface area contributed by atoms with Crippen LogP contribution < -0.4 is 15.0 Å². The highest BCUT2D eigenvalue weighted by molar-refractivity contribution is 5.59. The summed E-state index contributed by atoms with van der Waals surface area (Å²) >= 11 is 0. The predicted molar refractivity (Wildman–Crippen MR) is 147 cm³/mol. The van der Waals surface area contributed by atoms with Gasteiger partial charge in [0.25, 0.3) is 0 Å². The molecule has 0 aliphatic carbocycles. The first-order valence-electron chi connectivity index (χ1n) is 13.3. The van der Waals surface area contributed by atoms with Crippen LogP contribution in [0.3, 0.4) is 0 Å². The molecule has 0 bridgehead atoms. The van der Waals surface area contributed by atoms with Crippen LogP contribution in [0.2, 0.25) is 0 Å². The summed E-state index contributed by atoms with van der Waals surface area (Å²) in [5.41, 5.74) is 5.14. The molecule has 0 atom stereocenters. The number of piperazine rings is 1. The van der Waals surface area contributed by atoms with Crippen LogP contribution in [-0.4, -0.2) is 44.2 Å². The lowest BCUT2D eigenvalue weighted by molar-refractivity contribution is 0.251. The zero-order valence-corrected chi connectivity index (χ0v) is 21.3. The van der Waals surface area contributed by atoms with Gasteiger partial charge in [-0.2, -0.15) is 0 Å². The van der Waals surface area contributed by atoms with Gasteiger partial charge >= 0.3 is 0 Å². The van der Waals surface area contributed by atoms with E-state index < -0.39 is 0 Å². The van der Waals surface area contributed by atoms with Gasteiger partial charge in [0.15, 0.2) is 0 Å². The summed E-state index contributed by atoms with van der Waals surface area (Å²) in [7, 11) is 0. The van der Waals surface area contributed by atoms with E-state index in [1.165, 1.54) is 54.6 Å². The predicted octanol–water partition coefficient (Wildman–Crippen LogP) is 6.05. The lowest BCUT2D eigenvalue weighted by Crippen LogP contribution is -2.46. The summed E-state index contributed by atoms with van der Waals surface area (Å²) < 4.78 is 6.16. The average molecular weight is 472 g/mol. The van der Waals surface area contributed by atoms with E-state index in [1.54, 1.807) is 0 Å². The normalized spacial score (nSPS) is 14.3. The van der Waals surface area contributed by atoms with E-state index in [-0.39, 0.29) is 0 Å². The number of nitrogens with one attached hydrogen (secondary N) is 1. The van der Waals surface area contributed by atoms with Crippen LogP contribution in [0.1, 0.15) is 42.4 Å². The molecule has 0 unspecified atom stereocenters. The van der Waals surface area contributed by atoms with Crippen molar-refractivity contribution in [1.29, 1.82) is 0 Å². The van der Waals surface area contributed by atoms with E-state index in [0.29, 0.717) is 6.61 Å². The summed E-state index contributed by atoms with van der Waals surface area (Å²) in [6.45, 7) is 10.6. The van der Waals surface area contributed by atoms with E-state index >= 15 is 0 Å². The lowest BCUT2D eigenvalue weighted by Gasteiger charge is -2.37. The van der Waals surface area contributed by atoms with Crippen molar-refractivity contribution >= 4 is 5.69 Å². The molecule has 4 heteroatoms. The molecule has 0 saturated carbocycles. The number of anilines is 1. The third-order valence-corrected chi connectivity index (χ3v) is 6.96. The maximum atomic E-state index is 6.16. The minimum atomic E-state index is 0.613. The SMILES string of the molecule is Cc1c(OCc2ccccc2)cccc1N1CCN(CCCCCCNCc2ccccc2)CC1. The molecule has 3 aromatic carbocycles. The molecule has 1 N–H and O–H groups in total. The molecule has 0 spiro atoms. The van der Waals surface area contributed by atoms with Crippen molar-refractivity contribution in [1.82, 2.24) is 10.2 Å². The Morgan fingerprint density at radius 1 is 0.714 bits per heavy atom. The maximum absolute atomic E-state index is 6.16. The molecular weight excluding hydrogens is 430 g/mol. The quantitative estimate of drug-likeness (QED) is 0.307. The van der Waals surface area contributed by atoms with Gasteiger partial charge in [0.2, 0.25) is 0 Å². The Labute approximate surface area is 211 Å². The third kappa shape index (κ3) is 8.12. The topological polar surface area (TPSA) is 27.7 Å². The molecule has 4 nitrogen and oxygen atoms in total. The van der Waals surface area contributed by atoms with Crippen molar-refractivity contribution in [3.63, 3.8) is 0 Å². The summed E-state index contributed by atoms with van der Waals surface area (Å²) in [4.78, 5) is 5.16. The van der Waals surface area contributed by atoms with Gasteiger partial charge < -0.3 is 15.0 Å². The first kappa shape index (κ1) is 25.3. The highest BCUT2D eigenvalue weighted by Gasteiger charge is 2.19. The largest absolute Gasteiger partial charge is 0.489 e. The lowest BCUT2D eigenvalue weighted by atomic mass is 10.1. The number of rotatable bonds is 13. The monoisotopic (exact) mass is 471 g/mol. The fourth-order valence-corrected chi connectivity index (χ4v) is 4.82. The minimum Gasteiger partial charge on any atom is -0.489 e. The van der Waals surface area contributed by atoms with E-state index in [9.17, 15) is 0 Å². The van der Waals surface area contributed by atoms with Gasteiger partial charge in [-0.3, -0.25) is 4.90 Å². The van der Waals surface area contributed by atoms with Crippen LogP contribution in [0.4, 0.5) is 5.69 Å². The number of hydrogen-bond donors (Lipinski definition) is 1. The smallest absolute Gasteiger partial charge is 0.124 e. The van der Waals surface area contributed by atoms with Crippen LogP contribution >= 0.6 is 0 Å². The van der Waals surface area contributed by atoms with E-state index in [2.05, 4.69) is 94.8 Å². The molecule has 0 aromatic heterocycles. The van der Waals surface area contributed by atoms with Crippen LogP contribution in [0.15, 0.2) is 78.9 Å². The molecule has 1 saturated heterocycles. The van der Waals surface area contributed by atoms with Crippen molar-refractivity contribution in [2.75, 3.05) is 44.2 Å². The Morgan fingerprint density at radius 2 is 1.40 bits per heavy atom. The van der Waals surface area contributed by atoms with E-state index in [0.717, 1.165) is 45.0 Å². The summed E-state index contributed by atoms with van der Waals surface area (Å²) in [5.74, 6) is 0.993. The maximum Gasteiger partial charge on any atom is 0.124 e. The number of hydrogen-bond acceptors (Lipinski definition) is 4. The third-order valence-electron chi connectivity index (χ3n) is 6.96. The first-order chi connectivity index (χ1) is 17.3. The number of benzene rings is 3. The summed E-state index contributed by atoms with van der Waals surface area (Å²) in [5, 5.41) is 3.56. The fourth-order valence-electron chi connectivity index (χ4n) is 4.82. The van der Waals surface area contributed by atoms with Gasteiger partial charge in [0, 0.05) is 44.0 Å². The van der Waals surface area contributed by atoms with Gasteiger partial charge in [-0.15, -0.1) is 0 Å². The van der Waals surface area contributed by atoms with Gasteiger partial charge in [-0.1, -0.05) is 79.6 Å². The molecule has 0 amide bonds. The van der Waals surface area contributed by atoms with E-state index in [4.69, 9.17) is 4.74 Å². The fraction of sp³-hybridized carbons (Fsp3) is 0.419. The zero-order valence-electron chi connectivity index (χ0n) is 21.3. The Balaban J connectivity index is 1.10. The minimum absolute atomic E-state index is 0.613. The Hall–Kier alpha value is -2.82. The second kappa shape index (κ2) is 13.9. The second-order valence-corrected chi connectivity index (χ2v) is 9.58. The second-order valence-electron chi connectivity index (χ2n) is 9.58. The van der Waals surface area contributed by atoms with Crippen molar-refractivity contribution in [3.05, 3.63) is 95.6 Å². The van der Waals surface area contributed by atoms with E-state index in [1.807, 2.05) is 6.07 Å². The first-order valence-corrected chi connectivity index (χ1v) is 13.3. The number of unbranched alkanes of at least 4 members (excludes halogenated alkanes) is 3. The molecule has 1 aliphatic heterocycles. The Kier molecular flexibility index (Phi) is 10.0. The van der Waals surface area contributed by atoms with Gasteiger partial charge in [0.1, 0.15) is 12.4 Å². The molecule has 1 fully saturated rings. The molecule has 186 valence electrons. The average Bonchev–Trinajstić information content (AvgIpc) is 2.91. The molecule has 0 radical (unpaired) electrons. The van der Waals surface area contributed by atoms with Crippen LogP contribution in [0.25, 0.3) is 0 Å². The van der Waals surface area contributed by atoms with Gasteiger partial charge in [-0.25, -0.2) is 0 Å². The summed E-state index contributed by atoms with van der Waals surface area (Å²) in [6, 6.07) is 27.5. The molecule has 1 aliphatic rings. The van der Waals surface area contributed by atoms with Crippen LogP contribution in [-0.2, 0) is 13.2 Å². The molecule has 1 heterocycles. The van der Waals surface area contributed by atoms with Crippen molar-refractivity contribution in [2.45, 2.75) is 45.8 Å². The Bertz CT molecular complexity index is 985. The number of nitrogens with zero attached hydrogens (tertiary/aromatic N) is 2. The molecular formula is C31H41N3O. The van der Waals surface area contributed by atoms with Gasteiger partial charge in [-0.05, 0) is 56.1 Å². The highest BCUT2D eigenvalue weighted by Crippen LogP contribution is 2.30. The van der Waals surface area contributed by atoms with Crippen LogP contribution in [0, 0.1) is 6.92 Å². The van der Waals surface area contributed by atoms with Gasteiger partial charge in [0.05, 0.1) is 0 Å². The van der Waals surface area contributed by atoms with Crippen LogP contribution in [0.5, 0.6) is 5.75 Å². The van der Waals surface area contributed by atoms with Crippen molar-refractivity contribution in [2.24, 2.45) is 0 Å². The van der Waals surface area contributed by atoms with Crippen molar-refractivity contribution < 1.29 is 4.74 Å². The Morgan fingerprint density at radius 3 is 2.14 bits per heavy atom. The van der Waals surface area contributed by atoms with Crippen molar-refractivity contribution in [3.8, 4) is 5.75 Å². The summed E-state index contributed by atoms with van der Waals surface area (Å²) in [6.07, 6.45) is 5.22. The molecule has 35 heavy (non-hydrogen) atoms. The zero-order chi connectivity index (χ0) is 24.1.